The Hall–Kier alpha value is -2.18. The number of carbonyl (C=O) groups excluding carboxylic acids is 2. The summed E-state index contributed by atoms with van der Waals surface area (Å²) in [5.74, 6) is -1.81. The molecule has 8 heteroatoms. The number of ether oxygens (including phenoxy) is 1. The second kappa shape index (κ2) is 4.16. The molecule has 20 heavy (non-hydrogen) atoms. The summed E-state index contributed by atoms with van der Waals surface area (Å²) < 4.78 is 4.53. The Balaban J connectivity index is 2.56. The van der Waals surface area contributed by atoms with E-state index in [0.29, 0.717) is 0 Å². The van der Waals surface area contributed by atoms with Gasteiger partial charge in [0, 0.05) is 22.9 Å². The lowest BCUT2D eigenvalue weighted by atomic mass is 9.96. The van der Waals surface area contributed by atoms with Crippen LogP contribution in [0.3, 0.4) is 0 Å². The molecule has 1 heterocycles. The highest BCUT2D eigenvalue weighted by molar-refractivity contribution is 6.46. The molecule has 3 rings (SSSR count). The van der Waals surface area contributed by atoms with Gasteiger partial charge in [-0.25, -0.2) is 9.59 Å². The monoisotopic (exact) mass is 311 g/mol. The second-order valence-electron chi connectivity index (χ2n) is 4.07. The van der Waals surface area contributed by atoms with Gasteiger partial charge in [0.2, 0.25) is 0 Å². The van der Waals surface area contributed by atoms with Crippen LogP contribution in [0.25, 0.3) is 10.8 Å². The number of nitro groups is 1. The Kier molecular flexibility index (Phi) is 2.67. The van der Waals surface area contributed by atoms with Crippen LogP contribution in [0.2, 0.25) is 10.0 Å². The molecule has 0 saturated heterocycles. The first-order valence-corrected chi connectivity index (χ1v) is 6.02. The molecular weight excluding hydrogens is 309 g/mol. The van der Waals surface area contributed by atoms with Crippen molar-refractivity contribution < 1.29 is 19.2 Å². The largest absolute Gasteiger partial charge is 0.386 e. The van der Waals surface area contributed by atoms with Gasteiger partial charge in [0.1, 0.15) is 0 Å². The Morgan fingerprint density at radius 3 is 2.25 bits per heavy atom. The molecule has 0 fully saturated rings. The van der Waals surface area contributed by atoms with Crippen LogP contribution < -0.4 is 0 Å². The molecule has 0 N–H and O–H groups in total. The van der Waals surface area contributed by atoms with E-state index in [1.807, 2.05) is 0 Å². The van der Waals surface area contributed by atoms with E-state index in [4.69, 9.17) is 23.2 Å². The van der Waals surface area contributed by atoms with Crippen LogP contribution in [0, 0.1) is 10.1 Å². The third-order valence-corrected chi connectivity index (χ3v) is 3.75. The lowest BCUT2D eigenvalue weighted by Gasteiger charge is -2.16. The van der Waals surface area contributed by atoms with Crippen LogP contribution in [0.5, 0.6) is 0 Å². The van der Waals surface area contributed by atoms with Crippen molar-refractivity contribution in [1.82, 2.24) is 0 Å². The third kappa shape index (κ3) is 1.65. The number of nitrogens with zero attached hydrogens (tertiary/aromatic N) is 1. The minimum Gasteiger partial charge on any atom is -0.386 e. The zero-order valence-electron chi connectivity index (χ0n) is 9.48. The van der Waals surface area contributed by atoms with Crippen LogP contribution >= 0.6 is 23.2 Å². The Labute approximate surface area is 121 Å². The zero-order chi connectivity index (χ0) is 14.6. The summed E-state index contributed by atoms with van der Waals surface area (Å²) in [6.07, 6.45) is 0. The number of esters is 2. The molecule has 0 aliphatic carbocycles. The SMILES string of the molecule is O=C1OC(=O)c2cc(Cl)c(Cl)c3cc([N+](=O)[O-])cc1c23. The molecule has 0 spiro atoms. The van der Waals surface area contributed by atoms with Crippen molar-refractivity contribution in [3.8, 4) is 0 Å². The first-order chi connectivity index (χ1) is 9.40. The number of carbonyl (C=O) groups is 2. The van der Waals surface area contributed by atoms with E-state index < -0.39 is 16.9 Å². The summed E-state index contributed by atoms with van der Waals surface area (Å²) in [5.41, 5.74) is -0.366. The summed E-state index contributed by atoms with van der Waals surface area (Å²) in [7, 11) is 0. The minimum atomic E-state index is -0.949. The highest BCUT2D eigenvalue weighted by Crippen LogP contribution is 2.39. The number of cyclic esters (lactones) is 2. The average molecular weight is 312 g/mol. The van der Waals surface area contributed by atoms with Crippen LogP contribution in [-0.2, 0) is 4.74 Å². The summed E-state index contributed by atoms with van der Waals surface area (Å²) in [6, 6.07) is 3.49. The van der Waals surface area contributed by atoms with Gasteiger partial charge in [0.15, 0.2) is 0 Å². The highest BCUT2D eigenvalue weighted by atomic mass is 35.5. The maximum absolute atomic E-state index is 11.7. The number of hydrogen-bond acceptors (Lipinski definition) is 5. The van der Waals surface area contributed by atoms with Gasteiger partial charge in [0.25, 0.3) is 5.69 Å². The molecule has 6 nitrogen and oxygen atoms in total. The van der Waals surface area contributed by atoms with Crippen molar-refractivity contribution in [2.75, 3.05) is 0 Å². The van der Waals surface area contributed by atoms with E-state index in [2.05, 4.69) is 4.74 Å². The molecule has 0 amide bonds. The topological polar surface area (TPSA) is 86.5 Å². The molecule has 2 aromatic rings. The fourth-order valence-electron chi connectivity index (χ4n) is 2.10. The van der Waals surface area contributed by atoms with Crippen molar-refractivity contribution in [3.05, 3.63) is 49.5 Å². The summed E-state index contributed by atoms with van der Waals surface area (Å²) in [4.78, 5) is 33.6. The minimum absolute atomic E-state index is 0.0397. The predicted molar refractivity (Wildman–Crippen MR) is 70.4 cm³/mol. The number of nitro benzene ring substituents is 1. The lowest BCUT2D eigenvalue weighted by Crippen LogP contribution is -2.20. The Morgan fingerprint density at radius 1 is 1.05 bits per heavy atom. The Morgan fingerprint density at radius 2 is 1.65 bits per heavy atom. The molecule has 0 bridgehead atoms. The number of benzene rings is 2. The van der Waals surface area contributed by atoms with Crippen LogP contribution in [0.1, 0.15) is 20.7 Å². The number of rotatable bonds is 1. The van der Waals surface area contributed by atoms with E-state index in [-0.39, 0.29) is 37.6 Å². The molecule has 100 valence electrons. The van der Waals surface area contributed by atoms with Crippen LogP contribution in [0.15, 0.2) is 18.2 Å². The van der Waals surface area contributed by atoms with Crippen molar-refractivity contribution >= 4 is 51.6 Å². The van der Waals surface area contributed by atoms with E-state index in [0.717, 1.165) is 6.07 Å². The molecule has 0 aromatic heterocycles. The maximum atomic E-state index is 11.7. The van der Waals surface area contributed by atoms with Crippen LogP contribution in [-0.4, -0.2) is 16.9 Å². The zero-order valence-corrected chi connectivity index (χ0v) is 11.0. The molecule has 1 aliphatic heterocycles. The quantitative estimate of drug-likeness (QED) is 0.349. The van der Waals surface area contributed by atoms with Gasteiger partial charge in [-0.2, -0.15) is 0 Å². The Bertz CT molecular complexity index is 830. The molecule has 0 atom stereocenters. The summed E-state index contributed by atoms with van der Waals surface area (Å²) in [6.45, 7) is 0. The van der Waals surface area contributed by atoms with E-state index in [9.17, 15) is 19.7 Å². The van der Waals surface area contributed by atoms with E-state index in [1.165, 1.54) is 12.1 Å². The fraction of sp³-hybridized carbons (Fsp3) is 0. The van der Waals surface area contributed by atoms with Gasteiger partial charge in [0.05, 0.1) is 26.1 Å². The molecular formula is C12H3Cl2NO5. The first kappa shape index (κ1) is 12.8. The predicted octanol–water partition coefficient (Wildman–Crippen LogP) is 3.37. The van der Waals surface area contributed by atoms with Crippen LogP contribution in [0.4, 0.5) is 5.69 Å². The number of halogens is 2. The molecule has 0 unspecified atom stereocenters. The smallest absolute Gasteiger partial charge is 0.346 e. The van der Waals surface area contributed by atoms with Gasteiger partial charge in [-0.05, 0) is 6.07 Å². The van der Waals surface area contributed by atoms with Crippen molar-refractivity contribution in [1.29, 1.82) is 0 Å². The average Bonchev–Trinajstić information content (AvgIpc) is 2.40. The number of non-ortho nitro benzene ring substituents is 1. The standard InChI is InChI=1S/C12H3Cl2NO5/c13-8-3-7-9-5(10(8)14)1-4(15(18)19)2-6(9)11(16)20-12(7)17/h1-3H. The molecule has 0 saturated carbocycles. The van der Waals surface area contributed by atoms with Gasteiger partial charge in [-0.15, -0.1) is 0 Å². The van der Waals surface area contributed by atoms with E-state index >= 15 is 0 Å². The van der Waals surface area contributed by atoms with E-state index in [1.54, 1.807) is 0 Å². The fourth-order valence-corrected chi connectivity index (χ4v) is 2.52. The third-order valence-electron chi connectivity index (χ3n) is 2.95. The summed E-state index contributed by atoms with van der Waals surface area (Å²) >= 11 is 11.9. The van der Waals surface area contributed by atoms with Crippen molar-refractivity contribution in [2.24, 2.45) is 0 Å². The van der Waals surface area contributed by atoms with Crippen molar-refractivity contribution in [3.63, 3.8) is 0 Å². The molecule has 2 aromatic carbocycles. The molecule has 0 radical (unpaired) electrons. The normalized spacial score (nSPS) is 13.5. The lowest BCUT2D eigenvalue weighted by molar-refractivity contribution is -0.384. The second-order valence-corrected chi connectivity index (χ2v) is 4.86. The maximum Gasteiger partial charge on any atom is 0.346 e. The van der Waals surface area contributed by atoms with Gasteiger partial charge < -0.3 is 4.74 Å². The first-order valence-electron chi connectivity index (χ1n) is 5.27. The van der Waals surface area contributed by atoms with Gasteiger partial charge >= 0.3 is 11.9 Å². The number of hydrogen-bond donors (Lipinski definition) is 0. The van der Waals surface area contributed by atoms with Gasteiger partial charge in [-0.3, -0.25) is 10.1 Å². The van der Waals surface area contributed by atoms with Crippen molar-refractivity contribution in [2.45, 2.75) is 0 Å². The van der Waals surface area contributed by atoms with Gasteiger partial charge in [-0.1, -0.05) is 23.2 Å². The molecule has 1 aliphatic rings. The summed E-state index contributed by atoms with van der Waals surface area (Å²) in [5, 5.41) is 11.4. The highest BCUT2D eigenvalue weighted by Gasteiger charge is 2.31.